The van der Waals surface area contributed by atoms with E-state index in [9.17, 15) is 0 Å². The molecule has 2 fully saturated rings. The van der Waals surface area contributed by atoms with E-state index >= 15 is 0 Å². The van der Waals surface area contributed by atoms with Gasteiger partial charge in [0.05, 0.1) is 19.3 Å². The molecule has 2 aromatic rings. The van der Waals surface area contributed by atoms with Crippen LogP contribution in [0.15, 0.2) is 47.7 Å². The van der Waals surface area contributed by atoms with E-state index in [2.05, 4.69) is 55.5 Å². The molecule has 2 aliphatic rings. The van der Waals surface area contributed by atoms with Crippen LogP contribution in [0.2, 0.25) is 0 Å². The molecule has 2 atom stereocenters. The predicted molar refractivity (Wildman–Crippen MR) is 112 cm³/mol. The first-order valence-electron chi connectivity index (χ1n) is 10.1. The van der Waals surface area contributed by atoms with Gasteiger partial charge in [-0.15, -0.1) is 0 Å². The number of nitrogens with one attached hydrogen (secondary N) is 1. The Hall–Kier alpha value is -2.54. The van der Waals surface area contributed by atoms with Crippen molar-refractivity contribution in [3.05, 3.63) is 48.3 Å². The number of aliphatic imine (C=N–C) groups is 1. The fraction of sp³-hybridized carbons (Fsp3) is 0.524. The Morgan fingerprint density at radius 1 is 1.25 bits per heavy atom. The zero-order valence-corrected chi connectivity index (χ0v) is 16.8. The molecule has 1 N–H and O–H groups in total. The highest BCUT2D eigenvalue weighted by Gasteiger charge is 2.27. The zero-order valence-electron chi connectivity index (χ0n) is 16.8. The van der Waals surface area contributed by atoms with Gasteiger partial charge >= 0.3 is 0 Å². The Labute approximate surface area is 167 Å². The Balaban J connectivity index is 1.30. The summed E-state index contributed by atoms with van der Waals surface area (Å²) in [5, 5.41) is 7.87. The number of guanidine groups is 1. The van der Waals surface area contributed by atoms with Gasteiger partial charge in [0.1, 0.15) is 6.10 Å². The molecule has 2 aliphatic heterocycles. The number of nitrogens with zero attached hydrogens (tertiary/aromatic N) is 5. The van der Waals surface area contributed by atoms with Gasteiger partial charge in [0.2, 0.25) is 0 Å². The Kier molecular flexibility index (Phi) is 5.81. The van der Waals surface area contributed by atoms with Crippen molar-refractivity contribution in [2.75, 3.05) is 51.3 Å². The number of hydrogen-bond acceptors (Lipinski definition) is 4. The summed E-state index contributed by atoms with van der Waals surface area (Å²) >= 11 is 0. The topological polar surface area (TPSA) is 57.9 Å². The fourth-order valence-corrected chi connectivity index (χ4v) is 4.09. The van der Waals surface area contributed by atoms with E-state index in [1.807, 2.05) is 31.2 Å². The molecule has 1 aromatic carbocycles. The van der Waals surface area contributed by atoms with E-state index in [1.165, 1.54) is 12.1 Å². The van der Waals surface area contributed by atoms with Crippen molar-refractivity contribution in [1.29, 1.82) is 0 Å². The molecule has 0 bridgehead atoms. The van der Waals surface area contributed by atoms with Crippen molar-refractivity contribution in [2.45, 2.75) is 12.5 Å². The van der Waals surface area contributed by atoms with Gasteiger partial charge in [-0.1, -0.05) is 18.2 Å². The molecular weight excluding hydrogens is 352 g/mol. The minimum Gasteiger partial charge on any atom is -0.371 e. The second-order valence-corrected chi connectivity index (χ2v) is 7.62. The van der Waals surface area contributed by atoms with Crippen molar-refractivity contribution in [1.82, 2.24) is 20.0 Å². The standard InChI is InChI=1S/C21H30N6O/c1-22-21(27-10-11-28-20(16-27)18-13-24-25(2)15-18)23-12-17-8-9-26(14-17)19-6-4-3-5-7-19/h3-7,13,15,17,20H,8-12,14,16H2,1-2H3,(H,22,23). The minimum atomic E-state index is 0.0426. The molecule has 0 spiro atoms. The maximum Gasteiger partial charge on any atom is 0.193 e. The third kappa shape index (κ3) is 4.30. The number of hydrogen-bond donors (Lipinski definition) is 1. The van der Waals surface area contributed by atoms with E-state index in [0.29, 0.717) is 12.5 Å². The van der Waals surface area contributed by atoms with Crippen LogP contribution in [0, 0.1) is 5.92 Å². The molecule has 7 heteroatoms. The number of aromatic nitrogens is 2. The first-order valence-corrected chi connectivity index (χ1v) is 10.1. The highest BCUT2D eigenvalue weighted by atomic mass is 16.5. The first-order chi connectivity index (χ1) is 13.7. The highest BCUT2D eigenvalue weighted by Crippen LogP contribution is 2.24. The van der Waals surface area contributed by atoms with Gasteiger partial charge in [0.25, 0.3) is 0 Å². The van der Waals surface area contributed by atoms with Crippen LogP contribution in [-0.4, -0.2) is 67.0 Å². The lowest BCUT2D eigenvalue weighted by atomic mass is 10.1. The van der Waals surface area contributed by atoms with Crippen molar-refractivity contribution in [3.63, 3.8) is 0 Å². The fourth-order valence-electron chi connectivity index (χ4n) is 4.09. The van der Waals surface area contributed by atoms with Crippen LogP contribution in [0.4, 0.5) is 5.69 Å². The average molecular weight is 383 g/mol. The minimum absolute atomic E-state index is 0.0426. The normalized spacial score (nSPS) is 23.3. The number of morpholine rings is 1. The summed E-state index contributed by atoms with van der Waals surface area (Å²) in [4.78, 5) is 9.30. The molecule has 2 saturated heterocycles. The number of benzene rings is 1. The summed E-state index contributed by atoms with van der Waals surface area (Å²) in [6, 6.07) is 10.7. The SMILES string of the molecule is CN=C(NCC1CCN(c2ccccc2)C1)N1CCOC(c2cnn(C)c2)C1. The Bertz CT molecular complexity index is 789. The lowest BCUT2D eigenvalue weighted by molar-refractivity contribution is -0.00806. The Morgan fingerprint density at radius 3 is 2.86 bits per heavy atom. The van der Waals surface area contributed by atoms with Gasteiger partial charge in [-0.25, -0.2) is 0 Å². The Morgan fingerprint density at radius 2 is 2.11 bits per heavy atom. The summed E-state index contributed by atoms with van der Waals surface area (Å²) in [5.41, 5.74) is 2.44. The molecule has 0 amide bonds. The van der Waals surface area contributed by atoms with Crippen molar-refractivity contribution >= 4 is 11.6 Å². The van der Waals surface area contributed by atoms with E-state index < -0.39 is 0 Å². The number of para-hydroxylation sites is 1. The maximum atomic E-state index is 5.96. The van der Waals surface area contributed by atoms with Crippen molar-refractivity contribution < 1.29 is 4.74 Å². The molecule has 1 aromatic heterocycles. The predicted octanol–water partition coefficient (Wildman–Crippen LogP) is 1.90. The average Bonchev–Trinajstić information content (AvgIpc) is 3.39. The van der Waals surface area contributed by atoms with E-state index in [1.54, 1.807) is 0 Å². The number of rotatable bonds is 4. The third-order valence-electron chi connectivity index (χ3n) is 5.63. The summed E-state index contributed by atoms with van der Waals surface area (Å²) in [6.45, 7) is 5.52. The van der Waals surface area contributed by atoms with Crippen LogP contribution in [0.1, 0.15) is 18.1 Å². The van der Waals surface area contributed by atoms with E-state index in [-0.39, 0.29) is 6.10 Å². The van der Waals surface area contributed by atoms with E-state index in [4.69, 9.17) is 4.74 Å². The number of aryl methyl sites for hydroxylation is 1. The maximum absolute atomic E-state index is 5.96. The van der Waals surface area contributed by atoms with Crippen LogP contribution >= 0.6 is 0 Å². The second-order valence-electron chi connectivity index (χ2n) is 7.62. The molecule has 3 heterocycles. The summed E-state index contributed by atoms with van der Waals surface area (Å²) < 4.78 is 7.78. The molecule has 150 valence electrons. The summed E-state index contributed by atoms with van der Waals surface area (Å²) in [5.74, 6) is 1.60. The van der Waals surface area contributed by atoms with Gasteiger partial charge in [-0.05, 0) is 24.5 Å². The van der Waals surface area contributed by atoms with Gasteiger partial charge in [0.15, 0.2) is 5.96 Å². The smallest absolute Gasteiger partial charge is 0.193 e. The number of anilines is 1. The second kappa shape index (κ2) is 8.65. The zero-order chi connectivity index (χ0) is 19.3. The first kappa shape index (κ1) is 18.8. The lowest BCUT2D eigenvalue weighted by Crippen LogP contribution is -2.49. The molecular formula is C21H30N6O. The summed E-state index contributed by atoms with van der Waals surface area (Å²) in [7, 11) is 3.80. The van der Waals surface area contributed by atoms with Crippen LogP contribution in [0.5, 0.6) is 0 Å². The van der Waals surface area contributed by atoms with Gasteiger partial charge in [0, 0.05) is 57.7 Å². The summed E-state index contributed by atoms with van der Waals surface area (Å²) in [6.07, 6.45) is 5.17. The van der Waals surface area contributed by atoms with Gasteiger partial charge in [-0.2, -0.15) is 5.10 Å². The van der Waals surface area contributed by atoms with Crippen LogP contribution in [0.25, 0.3) is 0 Å². The van der Waals surface area contributed by atoms with Gasteiger partial charge < -0.3 is 19.9 Å². The molecule has 7 nitrogen and oxygen atoms in total. The molecule has 0 radical (unpaired) electrons. The number of ether oxygens (including phenoxy) is 1. The van der Waals surface area contributed by atoms with E-state index in [0.717, 1.165) is 44.2 Å². The molecule has 28 heavy (non-hydrogen) atoms. The quantitative estimate of drug-likeness (QED) is 0.647. The molecule has 2 unspecified atom stereocenters. The largest absolute Gasteiger partial charge is 0.371 e. The third-order valence-corrected chi connectivity index (χ3v) is 5.63. The van der Waals surface area contributed by atoms with Crippen molar-refractivity contribution in [3.8, 4) is 0 Å². The highest BCUT2D eigenvalue weighted by molar-refractivity contribution is 5.80. The van der Waals surface area contributed by atoms with Crippen LogP contribution in [0.3, 0.4) is 0 Å². The van der Waals surface area contributed by atoms with Gasteiger partial charge in [-0.3, -0.25) is 9.67 Å². The lowest BCUT2D eigenvalue weighted by Gasteiger charge is -2.35. The molecule has 0 aliphatic carbocycles. The monoisotopic (exact) mass is 382 g/mol. The van der Waals surface area contributed by atoms with Crippen LogP contribution in [-0.2, 0) is 11.8 Å². The van der Waals surface area contributed by atoms with Crippen LogP contribution < -0.4 is 10.2 Å². The van der Waals surface area contributed by atoms with Crippen molar-refractivity contribution in [2.24, 2.45) is 18.0 Å². The molecule has 0 saturated carbocycles. The molecule has 4 rings (SSSR count).